The zero-order valence-corrected chi connectivity index (χ0v) is 12.3. The first-order valence-electron chi connectivity index (χ1n) is 6.56. The number of hydrogen-bond acceptors (Lipinski definition) is 3. The molecule has 0 aliphatic carbocycles. The van der Waals surface area contributed by atoms with Gasteiger partial charge in [-0.3, -0.25) is 0 Å². The molecule has 4 nitrogen and oxygen atoms in total. The zero-order valence-electron chi connectivity index (χ0n) is 11.4. The Morgan fingerprint density at radius 3 is 2.35 bits per heavy atom. The second-order valence-electron chi connectivity index (χ2n) is 5.63. The van der Waals surface area contributed by atoms with Gasteiger partial charge in [0.1, 0.15) is 0 Å². The van der Waals surface area contributed by atoms with Gasteiger partial charge >= 0.3 is 0 Å². The average Bonchev–Trinajstić information content (AvgIpc) is 2.65. The van der Waals surface area contributed by atoms with E-state index in [2.05, 4.69) is 19.2 Å². The van der Waals surface area contributed by atoms with Crippen molar-refractivity contribution in [3.05, 3.63) is 0 Å². The Hall–Kier alpha value is -0.130. The van der Waals surface area contributed by atoms with Crippen LogP contribution in [0.3, 0.4) is 0 Å². The van der Waals surface area contributed by atoms with Crippen LogP contribution in [0.1, 0.15) is 40.5 Å². The third-order valence-electron chi connectivity index (χ3n) is 3.05. The normalized spacial score (nSPS) is 21.9. The molecule has 1 fully saturated rings. The smallest absolute Gasteiger partial charge is 0.215 e. The maximum Gasteiger partial charge on any atom is 0.215 e. The van der Waals surface area contributed by atoms with E-state index in [-0.39, 0.29) is 17.8 Å². The Bertz CT molecular complexity index is 319. The van der Waals surface area contributed by atoms with E-state index < -0.39 is 10.0 Å². The van der Waals surface area contributed by atoms with E-state index in [4.69, 9.17) is 0 Å². The molecule has 0 aromatic heterocycles. The molecule has 0 saturated carbocycles. The Balaban J connectivity index is 2.69. The molecule has 1 saturated heterocycles. The molecule has 1 aliphatic rings. The van der Waals surface area contributed by atoms with Crippen LogP contribution in [0.15, 0.2) is 0 Å². The van der Waals surface area contributed by atoms with Gasteiger partial charge in [0, 0.05) is 18.6 Å². The predicted molar refractivity (Wildman–Crippen MR) is 71.5 cm³/mol. The standard InChI is InChI=1S/C12H26N2O2S/c1-10(2)8-14(11(3)4)17(15,16)9-12-6-5-7-13-12/h10-13H,5-9H2,1-4H3. The molecule has 1 N–H and O–H groups in total. The summed E-state index contributed by atoms with van der Waals surface area (Å²) in [5.41, 5.74) is 0. The van der Waals surface area contributed by atoms with Crippen molar-refractivity contribution >= 4 is 10.0 Å². The summed E-state index contributed by atoms with van der Waals surface area (Å²) in [6.45, 7) is 9.57. The Kier molecular flexibility index (Phi) is 5.41. The molecule has 1 rings (SSSR count). The summed E-state index contributed by atoms with van der Waals surface area (Å²) in [5.74, 6) is 0.612. The lowest BCUT2D eigenvalue weighted by Gasteiger charge is -2.28. The summed E-state index contributed by atoms with van der Waals surface area (Å²) >= 11 is 0. The number of sulfonamides is 1. The minimum absolute atomic E-state index is 0.0452. The summed E-state index contributed by atoms with van der Waals surface area (Å²) in [7, 11) is -3.13. The average molecular weight is 262 g/mol. The summed E-state index contributed by atoms with van der Waals surface area (Å²) in [6.07, 6.45) is 2.07. The molecule has 1 atom stereocenters. The molecule has 0 aromatic rings. The van der Waals surface area contributed by atoms with Gasteiger partial charge in [-0.2, -0.15) is 4.31 Å². The second-order valence-corrected chi connectivity index (χ2v) is 7.60. The van der Waals surface area contributed by atoms with Crippen molar-refractivity contribution in [2.24, 2.45) is 5.92 Å². The van der Waals surface area contributed by atoms with Gasteiger partial charge in [-0.25, -0.2) is 8.42 Å². The lowest BCUT2D eigenvalue weighted by atomic mass is 10.2. The van der Waals surface area contributed by atoms with E-state index in [9.17, 15) is 8.42 Å². The van der Waals surface area contributed by atoms with Gasteiger partial charge in [-0.1, -0.05) is 13.8 Å². The van der Waals surface area contributed by atoms with Gasteiger partial charge in [-0.05, 0) is 39.2 Å². The van der Waals surface area contributed by atoms with Crippen LogP contribution >= 0.6 is 0 Å². The maximum atomic E-state index is 12.3. The summed E-state index contributed by atoms with van der Waals surface area (Å²) in [5, 5.41) is 3.25. The summed E-state index contributed by atoms with van der Waals surface area (Å²) in [6, 6.07) is 0.192. The van der Waals surface area contributed by atoms with Crippen LogP contribution in [0.4, 0.5) is 0 Å². The van der Waals surface area contributed by atoms with Gasteiger partial charge in [0.15, 0.2) is 0 Å². The molecule has 102 valence electrons. The molecule has 5 heteroatoms. The lowest BCUT2D eigenvalue weighted by Crippen LogP contribution is -2.44. The van der Waals surface area contributed by atoms with E-state index in [0.717, 1.165) is 19.4 Å². The third kappa shape index (κ3) is 4.56. The number of hydrogen-bond donors (Lipinski definition) is 1. The molecule has 17 heavy (non-hydrogen) atoms. The van der Waals surface area contributed by atoms with E-state index in [0.29, 0.717) is 12.5 Å². The van der Waals surface area contributed by atoms with Gasteiger partial charge in [-0.15, -0.1) is 0 Å². The number of nitrogens with zero attached hydrogens (tertiary/aromatic N) is 1. The van der Waals surface area contributed by atoms with Crippen LogP contribution in [-0.2, 0) is 10.0 Å². The van der Waals surface area contributed by atoms with Crippen LogP contribution in [0, 0.1) is 5.92 Å². The SMILES string of the molecule is CC(C)CN(C(C)C)S(=O)(=O)CC1CCCN1. The molecule has 0 amide bonds. The minimum Gasteiger partial charge on any atom is -0.313 e. The van der Waals surface area contributed by atoms with Crippen molar-refractivity contribution in [3.8, 4) is 0 Å². The molecule has 0 spiro atoms. The Morgan fingerprint density at radius 2 is 1.94 bits per heavy atom. The highest BCUT2D eigenvalue weighted by molar-refractivity contribution is 7.89. The van der Waals surface area contributed by atoms with Gasteiger partial charge in [0.05, 0.1) is 5.75 Å². The van der Waals surface area contributed by atoms with Crippen LogP contribution < -0.4 is 5.32 Å². The van der Waals surface area contributed by atoms with Gasteiger partial charge < -0.3 is 5.32 Å². The predicted octanol–water partition coefficient (Wildman–Crippen LogP) is 1.43. The Morgan fingerprint density at radius 1 is 1.29 bits per heavy atom. The molecule has 0 radical (unpaired) electrons. The fourth-order valence-corrected chi connectivity index (χ4v) is 4.41. The van der Waals surface area contributed by atoms with E-state index in [1.807, 2.05) is 13.8 Å². The highest BCUT2D eigenvalue weighted by Gasteiger charge is 2.29. The second kappa shape index (κ2) is 6.16. The molecule has 0 aromatic carbocycles. The van der Waals surface area contributed by atoms with Crippen LogP contribution in [-0.4, -0.2) is 43.6 Å². The molecule has 1 aliphatic heterocycles. The highest BCUT2D eigenvalue weighted by Crippen LogP contribution is 2.15. The molecule has 1 heterocycles. The van der Waals surface area contributed by atoms with Crippen molar-refractivity contribution in [1.82, 2.24) is 9.62 Å². The van der Waals surface area contributed by atoms with Crippen molar-refractivity contribution in [2.75, 3.05) is 18.8 Å². The topological polar surface area (TPSA) is 49.4 Å². The zero-order chi connectivity index (χ0) is 13.1. The van der Waals surface area contributed by atoms with E-state index in [1.54, 1.807) is 4.31 Å². The first kappa shape index (κ1) is 14.9. The summed E-state index contributed by atoms with van der Waals surface area (Å²) in [4.78, 5) is 0. The monoisotopic (exact) mass is 262 g/mol. The van der Waals surface area contributed by atoms with Gasteiger partial charge in [0.25, 0.3) is 0 Å². The maximum absolute atomic E-state index is 12.3. The van der Waals surface area contributed by atoms with Crippen LogP contribution in [0.25, 0.3) is 0 Å². The third-order valence-corrected chi connectivity index (χ3v) is 5.16. The number of rotatable bonds is 6. The molecular formula is C12H26N2O2S. The quantitative estimate of drug-likeness (QED) is 0.788. The first-order valence-corrected chi connectivity index (χ1v) is 8.16. The van der Waals surface area contributed by atoms with E-state index in [1.165, 1.54) is 0 Å². The fraction of sp³-hybridized carbons (Fsp3) is 1.00. The molecular weight excluding hydrogens is 236 g/mol. The first-order chi connectivity index (χ1) is 7.83. The minimum atomic E-state index is -3.13. The lowest BCUT2D eigenvalue weighted by molar-refractivity contribution is 0.317. The van der Waals surface area contributed by atoms with E-state index >= 15 is 0 Å². The largest absolute Gasteiger partial charge is 0.313 e. The van der Waals surface area contributed by atoms with Crippen molar-refractivity contribution < 1.29 is 8.42 Å². The molecule has 1 unspecified atom stereocenters. The summed E-state index contributed by atoms with van der Waals surface area (Å²) < 4.78 is 26.3. The van der Waals surface area contributed by atoms with Gasteiger partial charge in [0.2, 0.25) is 10.0 Å². The number of nitrogens with one attached hydrogen (secondary N) is 1. The highest BCUT2D eigenvalue weighted by atomic mass is 32.2. The fourth-order valence-electron chi connectivity index (χ4n) is 2.25. The van der Waals surface area contributed by atoms with Crippen molar-refractivity contribution in [3.63, 3.8) is 0 Å². The van der Waals surface area contributed by atoms with Crippen LogP contribution in [0.5, 0.6) is 0 Å². The van der Waals surface area contributed by atoms with Crippen molar-refractivity contribution in [2.45, 2.75) is 52.6 Å². The Labute approximate surface area is 106 Å². The van der Waals surface area contributed by atoms with Crippen LogP contribution in [0.2, 0.25) is 0 Å². The molecule has 0 bridgehead atoms. The van der Waals surface area contributed by atoms with Crippen molar-refractivity contribution in [1.29, 1.82) is 0 Å².